The number of carbonyl (C=O) groups excluding carboxylic acids is 2. The zero-order chi connectivity index (χ0) is 20.3. The predicted molar refractivity (Wildman–Crippen MR) is 101 cm³/mol. The van der Waals surface area contributed by atoms with Gasteiger partial charge in [-0.2, -0.15) is 0 Å². The van der Waals surface area contributed by atoms with Crippen LogP contribution in [0.25, 0.3) is 0 Å². The molecule has 7 heteroatoms. The first-order valence-electron chi connectivity index (χ1n) is 9.07. The second-order valence-electron chi connectivity index (χ2n) is 6.73. The number of hydrogen-bond acceptors (Lipinski definition) is 3. The van der Waals surface area contributed by atoms with Crippen LogP contribution in [0, 0.1) is 11.7 Å². The van der Waals surface area contributed by atoms with Crippen molar-refractivity contribution in [1.82, 2.24) is 5.32 Å². The van der Waals surface area contributed by atoms with Crippen molar-refractivity contribution < 1.29 is 23.9 Å². The van der Waals surface area contributed by atoms with Gasteiger partial charge in [-0.15, -0.1) is 0 Å². The van der Waals surface area contributed by atoms with Gasteiger partial charge >= 0.3 is 5.97 Å². The molecule has 2 amide bonds. The summed E-state index contributed by atoms with van der Waals surface area (Å²) in [6.45, 7) is 1.97. The molecular formula is C21H21FN2O4. The summed E-state index contributed by atoms with van der Waals surface area (Å²) in [6, 6.07) is 13.9. The van der Waals surface area contributed by atoms with Gasteiger partial charge in [0.2, 0.25) is 11.8 Å². The Morgan fingerprint density at radius 3 is 2.39 bits per heavy atom. The van der Waals surface area contributed by atoms with Gasteiger partial charge < -0.3 is 15.3 Å². The monoisotopic (exact) mass is 384 g/mol. The fourth-order valence-corrected chi connectivity index (χ4v) is 3.51. The first kappa shape index (κ1) is 19.5. The highest BCUT2D eigenvalue weighted by Gasteiger charge is 2.45. The van der Waals surface area contributed by atoms with E-state index in [4.69, 9.17) is 0 Å². The average Bonchev–Trinajstić information content (AvgIpc) is 3.08. The minimum atomic E-state index is -1.61. The molecule has 1 aliphatic heterocycles. The number of carboxylic acid groups (broad SMARTS) is 1. The molecule has 0 aliphatic carbocycles. The van der Waals surface area contributed by atoms with Gasteiger partial charge in [0, 0.05) is 12.2 Å². The number of aliphatic carboxylic acids is 1. The van der Waals surface area contributed by atoms with Gasteiger partial charge in [0.1, 0.15) is 11.7 Å². The van der Waals surface area contributed by atoms with E-state index in [0.29, 0.717) is 17.8 Å². The maximum Gasteiger partial charge on any atom is 0.334 e. The molecule has 1 saturated heterocycles. The minimum absolute atomic E-state index is 0.126. The summed E-state index contributed by atoms with van der Waals surface area (Å²) >= 11 is 0. The molecule has 0 spiro atoms. The Bertz CT molecular complexity index is 885. The molecule has 2 N–H and O–H groups in total. The zero-order valence-electron chi connectivity index (χ0n) is 15.4. The highest BCUT2D eigenvalue weighted by atomic mass is 19.1. The van der Waals surface area contributed by atoms with Crippen molar-refractivity contribution in [2.75, 3.05) is 11.4 Å². The fraction of sp³-hybridized carbons (Fsp3) is 0.286. The first-order valence-corrected chi connectivity index (χ1v) is 9.07. The molecule has 0 bridgehead atoms. The maximum atomic E-state index is 13.1. The van der Waals surface area contributed by atoms with E-state index < -0.39 is 35.1 Å². The number of carbonyl (C=O) groups is 3. The second-order valence-corrected chi connectivity index (χ2v) is 6.73. The molecular weight excluding hydrogens is 363 g/mol. The first-order chi connectivity index (χ1) is 13.4. The maximum absolute atomic E-state index is 13.1. The largest absolute Gasteiger partial charge is 0.479 e. The van der Waals surface area contributed by atoms with E-state index in [0.717, 1.165) is 0 Å². The Morgan fingerprint density at radius 1 is 1.18 bits per heavy atom. The number of halogens is 1. The quantitative estimate of drug-likeness (QED) is 0.750. The number of hydrogen-bond donors (Lipinski definition) is 2. The lowest BCUT2D eigenvalue weighted by Gasteiger charge is -2.31. The molecule has 6 nitrogen and oxygen atoms in total. The molecule has 1 aliphatic rings. The Hall–Kier alpha value is -3.22. The van der Waals surface area contributed by atoms with Crippen LogP contribution in [-0.4, -0.2) is 29.4 Å². The van der Waals surface area contributed by atoms with Crippen molar-refractivity contribution in [2.45, 2.75) is 25.3 Å². The number of amides is 2. The molecule has 1 fully saturated rings. The van der Waals surface area contributed by atoms with Crippen LogP contribution in [-0.2, 0) is 19.9 Å². The summed E-state index contributed by atoms with van der Waals surface area (Å²) in [7, 11) is 0. The van der Waals surface area contributed by atoms with Crippen LogP contribution in [0.2, 0.25) is 0 Å². The molecule has 2 unspecified atom stereocenters. The van der Waals surface area contributed by atoms with Crippen molar-refractivity contribution in [3.05, 3.63) is 66.0 Å². The summed E-state index contributed by atoms with van der Waals surface area (Å²) in [5.74, 6) is -3.63. The van der Waals surface area contributed by atoms with E-state index in [-0.39, 0.29) is 12.8 Å². The van der Waals surface area contributed by atoms with Gasteiger partial charge in [0.25, 0.3) is 0 Å². The summed E-state index contributed by atoms with van der Waals surface area (Å²) < 4.78 is 13.1. The summed E-state index contributed by atoms with van der Waals surface area (Å²) in [5, 5.41) is 12.4. The van der Waals surface area contributed by atoms with E-state index >= 15 is 0 Å². The number of rotatable bonds is 6. The molecule has 1 heterocycles. The molecule has 2 aromatic carbocycles. The summed E-state index contributed by atoms with van der Waals surface area (Å²) in [5.41, 5.74) is -0.661. The van der Waals surface area contributed by atoms with E-state index in [2.05, 4.69) is 5.32 Å². The highest BCUT2D eigenvalue weighted by Crippen LogP contribution is 2.29. The van der Waals surface area contributed by atoms with Gasteiger partial charge in [-0.3, -0.25) is 9.59 Å². The number of carboxylic acids is 1. The molecule has 28 heavy (non-hydrogen) atoms. The molecule has 0 aromatic heterocycles. The third-order valence-electron chi connectivity index (χ3n) is 5.16. The Labute approximate surface area is 162 Å². The van der Waals surface area contributed by atoms with E-state index in [1.807, 2.05) is 0 Å². The highest BCUT2D eigenvalue weighted by molar-refractivity contribution is 6.10. The molecule has 3 rings (SSSR count). The van der Waals surface area contributed by atoms with Crippen LogP contribution in [0.1, 0.15) is 25.3 Å². The van der Waals surface area contributed by atoms with Crippen LogP contribution in [0.4, 0.5) is 10.1 Å². The lowest BCUT2D eigenvalue weighted by Crippen LogP contribution is -2.54. The van der Waals surface area contributed by atoms with Gasteiger partial charge in [-0.1, -0.05) is 37.3 Å². The van der Waals surface area contributed by atoms with Gasteiger partial charge in [0.15, 0.2) is 5.54 Å². The summed E-state index contributed by atoms with van der Waals surface area (Å²) in [4.78, 5) is 39.1. The van der Waals surface area contributed by atoms with Crippen LogP contribution in [0.15, 0.2) is 54.6 Å². The standard InChI is InChI=1S/C21H21FN2O4/c1-2-21(20(27)28,14-6-4-3-5-7-14)23-18(25)17-12-13-24(19(17)26)16-10-8-15(22)9-11-16/h3-11,17H,2,12-13H2,1H3,(H,23,25)(H,27,28). The molecule has 0 radical (unpaired) electrons. The second kappa shape index (κ2) is 7.80. The van der Waals surface area contributed by atoms with Crippen molar-refractivity contribution >= 4 is 23.5 Å². The van der Waals surface area contributed by atoms with Crippen molar-refractivity contribution in [2.24, 2.45) is 5.92 Å². The number of nitrogens with one attached hydrogen (secondary N) is 1. The topological polar surface area (TPSA) is 86.7 Å². The van der Waals surface area contributed by atoms with Crippen LogP contribution in [0.5, 0.6) is 0 Å². The predicted octanol–water partition coefficient (Wildman–Crippen LogP) is 2.68. The lowest BCUT2D eigenvalue weighted by atomic mass is 9.86. The van der Waals surface area contributed by atoms with Gasteiger partial charge in [0.05, 0.1) is 0 Å². The van der Waals surface area contributed by atoms with Gasteiger partial charge in [-0.25, -0.2) is 9.18 Å². The zero-order valence-corrected chi connectivity index (χ0v) is 15.4. The van der Waals surface area contributed by atoms with E-state index in [1.54, 1.807) is 37.3 Å². The Morgan fingerprint density at radius 2 is 1.82 bits per heavy atom. The molecule has 2 aromatic rings. The van der Waals surface area contributed by atoms with Gasteiger partial charge in [-0.05, 0) is 42.7 Å². The molecule has 0 saturated carbocycles. The molecule has 146 valence electrons. The SMILES string of the molecule is CCC(NC(=O)C1CCN(c2ccc(F)cc2)C1=O)(C(=O)O)c1ccccc1. The lowest BCUT2D eigenvalue weighted by molar-refractivity contribution is -0.150. The van der Waals surface area contributed by atoms with Crippen LogP contribution < -0.4 is 10.2 Å². The van der Waals surface area contributed by atoms with E-state index in [1.165, 1.54) is 29.2 Å². The van der Waals surface area contributed by atoms with Crippen LogP contribution >= 0.6 is 0 Å². The summed E-state index contributed by atoms with van der Waals surface area (Å²) in [6.07, 6.45) is 0.386. The van der Waals surface area contributed by atoms with E-state index in [9.17, 15) is 23.9 Å². The third-order valence-corrected chi connectivity index (χ3v) is 5.16. The van der Waals surface area contributed by atoms with Crippen molar-refractivity contribution in [3.8, 4) is 0 Å². The average molecular weight is 384 g/mol. The molecule has 2 atom stereocenters. The normalized spacial score (nSPS) is 18.6. The minimum Gasteiger partial charge on any atom is -0.479 e. The third kappa shape index (κ3) is 3.47. The fourth-order valence-electron chi connectivity index (χ4n) is 3.51. The number of benzene rings is 2. The Kier molecular flexibility index (Phi) is 5.44. The van der Waals surface area contributed by atoms with Crippen LogP contribution in [0.3, 0.4) is 0 Å². The number of nitrogens with zero attached hydrogens (tertiary/aromatic N) is 1. The van der Waals surface area contributed by atoms with Crippen molar-refractivity contribution in [3.63, 3.8) is 0 Å². The smallest absolute Gasteiger partial charge is 0.334 e. The number of anilines is 1. The Balaban J connectivity index is 1.82. The van der Waals surface area contributed by atoms with Crippen molar-refractivity contribution in [1.29, 1.82) is 0 Å².